The van der Waals surface area contributed by atoms with Gasteiger partial charge in [-0.1, -0.05) is 13.0 Å². The maximum absolute atomic E-state index is 12.3. The summed E-state index contributed by atoms with van der Waals surface area (Å²) < 4.78 is 5.40. The van der Waals surface area contributed by atoms with Crippen LogP contribution in [-0.4, -0.2) is 25.0 Å². The van der Waals surface area contributed by atoms with Gasteiger partial charge in [0.25, 0.3) is 11.8 Å². The number of benzene rings is 2. The molecule has 5 nitrogen and oxygen atoms in total. The van der Waals surface area contributed by atoms with E-state index in [-0.39, 0.29) is 11.8 Å². The first-order chi connectivity index (χ1) is 11.6. The van der Waals surface area contributed by atoms with Crippen LogP contribution in [0.3, 0.4) is 0 Å². The smallest absolute Gasteiger partial charge is 0.255 e. The van der Waals surface area contributed by atoms with Gasteiger partial charge in [0.05, 0.1) is 6.61 Å². The zero-order valence-corrected chi connectivity index (χ0v) is 14.0. The van der Waals surface area contributed by atoms with E-state index in [9.17, 15) is 9.59 Å². The Bertz CT molecular complexity index is 696. The maximum Gasteiger partial charge on any atom is 0.255 e. The number of amides is 2. The number of rotatable bonds is 7. The van der Waals surface area contributed by atoms with E-state index in [1.54, 1.807) is 42.5 Å². The molecule has 0 unspecified atom stereocenters. The molecule has 0 heterocycles. The van der Waals surface area contributed by atoms with E-state index in [0.29, 0.717) is 35.7 Å². The van der Waals surface area contributed by atoms with Crippen molar-refractivity contribution in [2.45, 2.75) is 20.3 Å². The van der Waals surface area contributed by atoms with E-state index < -0.39 is 0 Å². The van der Waals surface area contributed by atoms with Crippen LogP contribution in [0.4, 0.5) is 5.69 Å². The largest absolute Gasteiger partial charge is 0.494 e. The van der Waals surface area contributed by atoms with Crippen molar-refractivity contribution in [2.24, 2.45) is 0 Å². The van der Waals surface area contributed by atoms with Gasteiger partial charge in [-0.15, -0.1) is 0 Å². The molecule has 0 bridgehead atoms. The molecule has 0 saturated heterocycles. The van der Waals surface area contributed by atoms with Gasteiger partial charge in [-0.05, 0) is 55.8 Å². The van der Waals surface area contributed by atoms with Gasteiger partial charge >= 0.3 is 0 Å². The van der Waals surface area contributed by atoms with Gasteiger partial charge < -0.3 is 15.4 Å². The molecule has 0 aliphatic rings. The van der Waals surface area contributed by atoms with Crippen molar-refractivity contribution in [3.05, 3.63) is 59.7 Å². The number of nitrogens with one attached hydrogen (secondary N) is 2. The third-order valence-electron chi connectivity index (χ3n) is 3.35. The molecule has 0 aromatic heterocycles. The number of carbonyl (C=O) groups excluding carboxylic acids is 2. The number of anilines is 1. The summed E-state index contributed by atoms with van der Waals surface area (Å²) in [5.41, 5.74) is 1.72. The topological polar surface area (TPSA) is 67.4 Å². The van der Waals surface area contributed by atoms with Crippen LogP contribution in [0, 0.1) is 0 Å². The van der Waals surface area contributed by atoms with Crippen molar-refractivity contribution < 1.29 is 14.3 Å². The fraction of sp³-hybridized carbons (Fsp3) is 0.263. The van der Waals surface area contributed by atoms with Gasteiger partial charge in [-0.2, -0.15) is 0 Å². The van der Waals surface area contributed by atoms with Crippen LogP contribution in [0.1, 0.15) is 41.0 Å². The van der Waals surface area contributed by atoms with E-state index >= 15 is 0 Å². The third-order valence-corrected chi connectivity index (χ3v) is 3.35. The minimum atomic E-state index is -0.222. The van der Waals surface area contributed by atoms with E-state index in [1.165, 1.54) is 0 Å². The Kier molecular flexibility index (Phi) is 6.37. The number of carbonyl (C=O) groups is 2. The number of ether oxygens (including phenoxy) is 1. The minimum absolute atomic E-state index is 0.112. The van der Waals surface area contributed by atoms with E-state index in [1.807, 2.05) is 19.9 Å². The third kappa shape index (κ3) is 4.84. The van der Waals surface area contributed by atoms with Crippen LogP contribution in [0.5, 0.6) is 5.75 Å². The molecule has 0 atom stereocenters. The molecule has 0 radical (unpaired) electrons. The van der Waals surface area contributed by atoms with Crippen molar-refractivity contribution in [1.29, 1.82) is 0 Å². The fourth-order valence-corrected chi connectivity index (χ4v) is 2.14. The van der Waals surface area contributed by atoms with Crippen LogP contribution in [0.25, 0.3) is 0 Å². The van der Waals surface area contributed by atoms with Gasteiger partial charge in [0.2, 0.25) is 0 Å². The Labute approximate surface area is 142 Å². The SMILES string of the molecule is CCCNC(=O)c1ccc(NC(=O)c2cccc(OCC)c2)cc1. The molecule has 2 rings (SSSR count). The highest BCUT2D eigenvalue weighted by Crippen LogP contribution is 2.16. The van der Waals surface area contributed by atoms with Gasteiger partial charge in [-0.3, -0.25) is 9.59 Å². The Morgan fingerprint density at radius 2 is 1.71 bits per heavy atom. The molecule has 2 amide bonds. The number of hydrogen-bond acceptors (Lipinski definition) is 3. The quantitative estimate of drug-likeness (QED) is 0.818. The summed E-state index contributed by atoms with van der Waals surface area (Å²) in [6.07, 6.45) is 0.890. The molecule has 24 heavy (non-hydrogen) atoms. The summed E-state index contributed by atoms with van der Waals surface area (Å²) in [6, 6.07) is 13.8. The van der Waals surface area contributed by atoms with Crippen LogP contribution < -0.4 is 15.4 Å². The van der Waals surface area contributed by atoms with Gasteiger partial charge in [0.1, 0.15) is 5.75 Å². The van der Waals surface area contributed by atoms with Gasteiger partial charge in [0.15, 0.2) is 0 Å². The normalized spacial score (nSPS) is 10.1. The summed E-state index contributed by atoms with van der Waals surface area (Å²) in [5, 5.41) is 5.62. The zero-order chi connectivity index (χ0) is 17.4. The van der Waals surface area contributed by atoms with Crippen LogP contribution in [0.2, 0.25) is 0 Å². The lowest BCUT2D eigenvalue weighted by Crippen LogP contribution is -2.23. The Morgan fingerprint density at radius 3 is 2.38 bits per heavy atom. The molecular weight excluding hydrogens is 304 g/mol. The second-order valence-corrected chi connectivity index (χ2v) is 5.25. The van der Waals surface area contributed by atoms with Crippen LogP contribution in [-0.2, 0) is 0 Å². The highest BCUT2D eigenvalue weighted by molar-refractivity contribution is 6.04. The summed E-state index contributed by atoms with van der Waals surface area (Å²) >= 11 is 0. The van der Waals surface area contributed by atoms with Crippen molar-refractivity contribution >= 4 is 17.5 Å². The molecule has 0 fully saturated rings. The molecule has 2 N–H and O–H groups in total. The molecule has 0 aliphatic heterocycles. The summed E-state index contributed by atoms with van der Waals surface area (Å²) in [4.78, 5) is 24.1. The standard InChI is InChI=1S/C19H22N2O3/c1-3-12-20-18(22)14-8-10-16(11-9-14)21-19(23)15-6-5-7-17(13-15)24-4-2/h5-11,13H,3-4,12H2,1-2H3,(H,20,22)(H,21,23). The molecule has 0 saturated carbocycles. The van der Waals surface area contributed by atoms with E-state index in [4.69, 9.17) is 4.74 Å². The van der Waals surface area contributed by atoms with Gasteiger partial charge in [-0.25, -0.2) is 0 Å². The van der Waals surface area contributed by atoms with Crippen molar-refractivity contribution in [1.82, 2.24) is 5.32 Å². The lowest BCUT2D eigenvalue weighted by atomic mass is 10.1. The highest BCUT2D eigenvalue weighted by atomic mass is 16.5. The zero-order valence-electron chi connectivity index (χ0n) is 14.0. The Balaban J connectivity index is 2.01. The molecule has 2 aromatic carbocycles. The number of hydrogen-bond donors (Lipinski definition) is 2. The first-order valence-corrected chi connectivity index (χ1v) is 8.06. The maximum atomic E-state index is 12.3. The first-order valence-electron chi connectivity index (χ1n) is 8.06. The minimum Gasteiger partial charge on any atom is -0.494 e. The summed E-state index contributed by atoms with van der Waals surface area (Å²) in [6.45, 7) is 5.09. The molecule has 0 aliphatic carbocycles. The first kappa shape index (κ1) is 17.5. The van der Waals surface area contributed by atoms with E-state index in [0.717, 1.165) is 6.42 Å². The predicted molar refractivity (Wildman–Crippen MR) is 94.6 cm³/mol. The fourth-order valence-electron chi connectivity index (χ4n) is 2.14. The molecular formula is C19H22N2O3. The van der Waals surface area contributed by atoms with Crippen molar-refractivity contribution in [2.75, 3.05) is 18.5 Å². The molecule has 0 spiro atoms. The van der Waals surface area contributed by atoms with Crippen molar-refractivity contribution in [3.63, 3.8) is 0 Å². The molecule has 126 valence electrons. The molecule has 2 aromatic rings. The average molecular weight is 326 g/mol. The average Bonchev–Trinajstić information content (AvgIpc) is 2.61. The molecule has 5 heteroatoms. The van der Waals surface area contributed by atoms with Crippen LogP contribution >= 0.6 is 0 Å². The second kappa shape index (κ2) is 8.72. The lowest BCUT2D eigenvalue weighted by molar-refractivity contribution is 0.0953. The highest BCUT2D eigenvalue weighted by Gasteiger charge is 2.09. The monoisotopic (exact) mass is 326 g/mol. The predicted octanol–water partition coefficient (Wildman–Crippen LogP) is 3.48. The summed E-state index contributed by atoms with van der Waals surface area (Å²) in [5.74, 6) is 0.326. The van der Waals surface area contributed by atoms with Crippen LogP contribution in [0.15, 0.2) is 48.5 Å². The Morgan fingerprint density at radius 1 is 0.958 bits per heavy atom. The second-order valence-electron chi connectivity index (χ2n) is 5.25. The van der Waals surface area contributed by atoms with Gasteiger partial charge in [0, 0.05) is 23.4 Å². The Hall–Kier alpha value is -2.82. The van der Waals surface area contributed by atoms with Crippen molar-refractivity contribution in [3.8, 4) is 5.75 Å². The summed E-state index contributed by atoms with van der Waals surface area (Å²) in [7, 11) is 0. The van der Waals surface area contributed by atoms with E-state index in [2.05, 4.69) is 10.6 Å². The lowest BCUT2D eigenvalue weighted by Gasteiger charge is -2.08.